The van der Waals surface area contributed by atoms with E-state index in [2.05, 4.69) is 10.4 Å². The largest absolute Gasteiger partial charge is 0.379 e. The zero-order chi connectivity index (χ0) is 13.0. The number of nitrogens with zero attached hydrogens (tertiary/aromatic N) is 2. The van der Waals surface area contributed by atoms with Crippen LogP contribution in [0.25, 0.3) is 0 Å². The molecule has 1 atom stereocenters. The summed E-state index contributed by atoms with van der Waals surface area (Å²) >= 11 is 0. The van der Waals surface area contributed by atoms with Crippen molar-refractivity contribution in [3.63, 3.8) is 0 Å². The van der Waals surface area contributed by atoms with Crippen LogP contribution in [-0.4, -0.2) is 41.5 Å². The van der Waals surface area contributed by atoms with Gasteiger partial charge in [0.05, 0.1) is 24.4 Å². The SMILES string of the molecule is Cc1c(C(=O)NC2CCOC2)cnn1CCCN. The van der Waals surface area contributed by atoms with Crippen molar-refractivity contribution in [2.45, 2.75) is 32.4 Å². The molecule has 0 saturated carbocycles. The number of nitrogens with two attached hydrogens (primary N) is 1. The third-order valence-corrected chi connectivity index (χ3v) is 3.19. The van der Waals surface area contributed by atoms with E-state index < -0.39 is 0 Å². The van der Waals surface area contributed by atoms with Gasteiger partial charge in [-0.05, 0) is 26.3 Å². The number of aromatic nitrogens is 2. The highest BCUT2D eigenvalue weighted by atomic mass is 16.5. The summed E-state index contributed by atoms with van der Waals surface area (Å²) in [5, 5.41) is 7.18. The molecule has 0 bridgehead atoms. The molecule has 2 heterocycles. The molecule has 0 radical (unpaired) electrons. The first-order chi connectivity index (χ1) is 8.72. The van der Waals surface area contributed by atoms with Crippen molar-refractivity contribution < 1.29 is 9.53 Å². The molecule has 0 aromatic carbocycles. The van der Waals surface area contributed by atoms with E-state index in [1.54, 1.807) is 6.20 Å². The molecule has 1 aliphatic rings. The normalized spacial score (nSPS) is 19.1. The topological polar surface area (TPSA) is 82.2 Å². The lowest BCUT2D eigenvalue weighted by atomic mass is 10.2. The molecule has 1 aromatic rings. The predicted molar refractivity (Wildman–Crippen MR) is 67.3 cm³/mol. The van der Waals surface area contributed by atoms with Crippen molar-refractivity contribution in [2.24, 2.45) is 5.73 Å². The van der Waals surface area contributed by atoms with Crippen LogP contribution in [0.15, 0.2) is 6.20 Å². The minimum atomic E-state index is -0.0676. The molecule has 0 spiro atoms. The number of nitrogens with one attached hydrogen (secondary N) is 1. The van der Waals surface area contributed by atoms with Gasteiger partial charge in [-0.15, -0.1) is 0 Å². The van der Waals surface area contributed by atoms with E-state index in [-0.39, 0.29) is 11.9 Å². The summed E-state index contributed by atoms with van der Waals surface area (Å²) in [7, 11) is 0. The van der Waals surface area contributed by atoms with Crippen molar-refractivity contribution in [3.8, 4) is 0 Å². The maximum atomic E-state index is 12.1. The van der Waals surface area contributed by atoms with Crippen molar-refractivity contribution in [1.29, 1.82) is 0 Å². The van der Waals surface area contributed by atoms with Crippen LogP contribution in [0.3, 0.4) is 0 Å². The van der Waals surface area contributed by atoms with Gasteiger partial charge in [0.25, 0.3) is 5.91 Å². The van der Waals surface area contributed by atoms with Gasteiger partial charge in [-0.2, -0.15) is 5.10 Å². The Hall–Kier alpha value is -1.40. The van der Waals surface area contributed by atoms with Crippen molar-refractivity contribution in [3.05, 3.63) is 17.5 Å². The average molecular weight is 252 g/mol. The lowest BCUT2D eigenvalue weighted by Crippen LogP contribution is -2.35. The zero-order valence-corrected chi connectivity index (χ0v) is 10.7. The van der Waals surface area contributed by atoms with Gasteiger partial charge in [0.2, 0.25) is 0 Å². The highest BCUT2D eigenvalue weighted by molar-refractivity contribution is 5.95. The minimum absolute atomic E-state index is 0.0676. The second kappa shape index (κ2) is 5.97. The molecule has 3 N–H and O–H groups in total. The van der Waals surface area contributed by atoms with E-state index in [0.717, 1.165) is 31.7 Å². The molecule has 1 fully saturated rings. The van der Waals surface area contributed by atoms with Gasteiger partial charge >= 0.3 is 0 Å². The standard InChI is InChI=1S/C12H20N4O2/c1-9-11(7-14-16(9)5-2-4-13)12(17)15-10-3-6-18-8-10/h7,10H,2-6,8,13H2,1H3,(H,15,17). The number of aryl methyl sites for hydroxylation is 1. The number of carbonyl (C=O) groups is 1. The summed E-state index contributed by atoms with van der Waals surface area (Å²) in [5.41, 5.74) is 6.99. The Morgan fingerprint density at radius 2 is 2.56 bits per heavy atom. The maximum Gasteiger partial charge on any atom is 0.255 e. The molecule has 1 aliphatic heterocycles. The molecular weight excluding hydrogens is 232 g/mol. The molecule has 6 heteroatoms. The molecule has 0 aliphatic carbocycles. The first kappa shape index (κ1) is 13.0. The fraction of sp³-hybridized carbons (Fsp3) is 0.667. The average Bonchev–Trinajstić information content (AvgIpc) is 2.97. The Bertz CT molecular complexity index is 410. The molecule has 1 unspecified atom stereocenters. The fourth-order valence-electron chi connectivity index (χ4n) is 2.05. The van der Waals surface area contributed by atoms with Gasteiger partial charge in [-0.25, -0.2) is 0 Å². The lowest BCUT2D eigenvalue weighted by molar-refractivity contribution is 0.0929. The smallest absolute Gasteiger partial charge is 0.255 e. The van der Waals surface area contributed by atoms with E-state index in [9.17, 15) is 4.79 Å². The van der Waals surface area contributed by atoms with Crippen molar-refractivity contribution in [1.82, 2.24) is 15.1 Å². The second-order valence-corrected chi connectivity index (χ2v) is 4.54. The fourth-order valence-corrected chi connectivity index (χ4v) is 2.05. The summed E-state index contributed by atoms with van der Waals surface area (Å²) in [6, 6.07) is 0.129. The van der Waals surface area contributed by atoms with E-state index >= 15 is 0 Å². The summed E-state index contributed by atoms with van der Waals surface area (Å²) in [5.74, 6) is -0.0676. The highest BCUT2D eigenvalue weighted by Gasteiger charge is 2.21. The number of carbonyl (C=O) groups excluding carboxylic acids is 1. The molecule has 6 nitrogen and oxygen atoms in total. The number of hydrogen-bond acceptors (Lipinski definition) is 4. The molecule has 1 amide bonds. The highest BCUT2D eigenvalue weighted by Crippen LogP contribution is 2.10. The Morgan fingerprint density at radius 3 is 3.22 bits per heavy atom. The van der Waals surface area contributed by atoms with Crippen LogP contribution in [-0.2, 0) is 11.3 Å². The number of rotatable bonds is 5. The van der Waals surface area contributed by atoms with Gasteiger partial charge in [0, 0.05) is 18.8 Å². The van der Waals surface area contributed by atoms with Gasteiger partial charge < -0.3 is 15.8 Å². The van der Waals surface area contributed by atoms with Crippen LogP contribution < -0.4 is 11.1 Å². The summed E-state index contributed by atoms with van der Waals surface area (Å²) in [6.45, 7) is 4.61. The van der Waals surface area contributed by atoms with Gasteiger partial charge in [-0.1, -0.05) is 0 Å². The monoisotopic (exact) mass is 252 g/mol. The van der Waals surface area contributed by atoms with Crippen LogP contribution >= 0.6 is 0 Å². The molecule has 1 saturated heterocycles. The predicted octanol–water partition coefficient (Wildman–Crippen LogP) is 0.0590. The quantitative estimate of drug-likeness (QED) is 0.776. The van der Waals surface area contributed by atoms with E-state index in [1.807, 2.05) is 11.6 Å². The summed E-state index contributed by atoms with van der Waals surface area (Å²) < 4.78 is 7.06. The molecule has 18 heavy (non-hydrogen) atoms. The van der Waals surface area contributed by atoms with Crippen molar-refractivity contribution in [2.75, 3.05) is 19.8 Å². The van der Waals surface area contributed by atoms with Gasteiger partial charge in [0.1, 0.15) is 0 Å². The first-order valence-electron chi connectivity index (χ1n) is 6.33. The van der Waals surface area contributed by atoms with Crippen LogP contribution in [0.1, 0.15) is 28.9 Å². The summed E-state index contributed by atoms with van der Waals surface area (Å²) in [4.78, 5) is 12.1. The third-order valence-electron chi connectivity index (χ3n) is 3.19. The van der Waals surface area contributed by atoms with Crippen molar-refractivity contribution >= 4 is 5.91 Å². The minimum Gasteiger partial charge on any atom is -0.379 e. The van der Waals surface area contributed by atoms with Crippen LogP contribution in [0.2, 0.25) is 0 Å². The lowest BCUT2D eigenvalue weighted by Gasteiger charge is -2.10. The Labute approximate surface area is 106 Å². The molecule has 100 valence electrons. The van der Waals surface area contributed by atoms with Crippen LogP contribution in [0, 0.1) is 6.92 Å². The van der Waals surface area contributed by atoms with Gasteiger partial charge in [0.15, 0.2) is 0 Å². The Morgan fingerprint density at radius 1 is 1.72 bits per heavy atom. The Kier molecular flexibility index (Phi) is 4.33. The molecular formula is C12H20N4O2. The maximum absolute atomic E-state index is 12.1. The Balaban J connectivity index is 1.98. The van der Waals surface area contributed by atoms with Gasteiger partial charge in [-0.3, -0.25) is 9.48 Å². The number of hydrogen-bond donors (Lipinski definition) is 2. The van der Waals surface area contributed by atoms with E-state index in [0.29, 0.717) is 18.7 Å². The third kappa shape index (κ3) is 2.88. The van der Waals surface area contributed by atoms with E-state index in [4.69, 9.17) is 10.5 Å². The van der Waals surface area contributed by atoms with E-state index in [1.165, 1.54) is 0 Å². The molecule has 2 rings (SSSR count). The number of ether oxygens (including phenoxy) is 1. The number of amides is 1. The zero-order valence-electron chi connectivity index (χ0n) is 10.7. The summed E-state index contributed by atoms with van der Waals surface area (Å²) in [6.07, 6.45) is 3.36. The second-order valence-electron chi connectivity index (χ2n) is 4.54. The molecule has 1 aromatic heterocycles. The van der Waals surface area contributed by atoms with Crippen LogP contribution in [0.5, 0.6) is 0 Å². The van der Waals surface area contributed by atoms with Crippen LogP contribution in [0.4, 0.5) is 0 Å². The first-order valence-corrected chi connectivity index (χ1v) is 6.33.